The molecule has 0 N–H and O–H groups in total. The van der Waals surface area contributed by atoms with Crippen molar-refractivity contribution in [3.8, 4) is 0 Å². The Morgan fingerprint density at radius 3 is 2.45 bits per heavy atom. The zero-order valence-corrected chi connectivity index (χ0v) is 16.7. The van der Waals surface area contributed by atoms with Gasteiger partial charge in [0.05, 0.1) is 17.2 Å². The summed E-state index contributed by atoms with van der Waals surface area (Å²) < 4.78 is 0. The Bertz CT molecular complexity index is 1050. The fourth-order valence-corrected chi connectivity index (χ4v) is 4.42. The van der Waals surface area contributed by atoms with Crippen LogP contribution in [0.1, 0.15) is 35.9 Å². The zero-order chi connectivity index (χ0) is 20.0. The number of hydrogen-bond donors (Lipinski definition) is 0. The fraction of sp³-hybridized carbons (Fsp3) is 0.409. The third-order valence-corrected chi connectivity index (χ3v) is 6.03. The summed E-state index contributed by atoms with van der Waals surface area (Å²) in [5.74, 6) is 2.29. The fourth-order valence-electron chi connectivity index (χ4n) is 4.42. The number of carbonyl (C=O) groups is 1. The molecular formula is C22H24N6O. The van der Waals surface area contributed by atoms with Crippen LogP contribution in [0.25, 0.3) is 11.0 Å². The lowest BCUT2D eigenvalue weighted by atomic mass is 10.0. The van der Waals surface area contributed by atoms with Gasteiger partial charge in [-0.05, 0) is 18.1 Å². The van der Waals surface area contributed by atoms with Crippen LogP contribution in [0.3, 0.4) is 0 Å². The minimum absolute atomic E-state index is 0.0201. The Labute approximate surface area is 169 Å². The van der Waals surface area contributed by atoms with E-state index in [1.54, 1.807) is 12.5 Å². The molecule has 1 amide bonds. The average Bonchev–Trinajstić information content (AvgIpc) is 3.32. The van der Waals surface area contributed by atoms with E-state index >= 15 is 0 Å². The molecule has 0 saturated carbocycles. The Balaban J connectivity index is 1.28. The molecule has 7 heteroatoms. The molecule has 7 nitrogen and oxygen atoms in total. The van der Waals surface area contributed by atoms with Crippen molar-refractivity contribution in [2.24, 2.45) is 11.8 Å². The number of para-hydroxylation sites is 2. The minimum Gasteiger partial charge on any atom is -0.356 e. The quantitative estimate of drug-likeness (QED) is 0.687. The van der Waals surface area contributed by atoms with Crippen LogP contribution >= 0.6 is 0 Å². The van der Waals surface area contributed by atoms with Crippen LogP contribution in [-0.2, 0) is 0 Å². The lowest BCUT2D eigenvalue weighted by Crippen LogP contribution is -2.34. The molecule has 2 aliphatic heterocycles. The van der Waals surface area contributed by atoms with Crippen molar-refractivity contribution in [2.75, 3.05) is 31.1 Å². The highest BCUT2D eigenvalue weighted by molar-refractivity contribution is 5.94. The molecule has 4 heterocycles. The van der Waals surface area contributed by atoms with E-state index in [4.69, 9.17) is 0 Å². The van der Waals surface area contributed by atoms with Crippen LogP contribution in [0.4, 0.5) is 5.82 Å². The molecule has 2 saturated heterocycles. The van der Waals surface area contributed by atoms with E-state index in [2.05, 4.69) is 44.7 Å². The van der Waals surface area contributed by atoms with Crippen LogP contribution in [0.2, 0.25) is 0 Å². The first kappa shape index (κ1) is 18.0. The second kappa shape index (κ2) is 7.06. The highest BCUT2D eigenvalue weighted by Gasteiger charge is 2.42. The van der Waals surface area contributed by atoms with Crippen molar-refractivity contribution in [3.63, 3.8) is 0 Å². The molecule has 0 radical (unpaired) electrons. The summed E-state index contributed by atoms with van der Waals surface area (Å²) in [4.78, 5) is 35.0. The first-order chi connectivity index (χ1) is 14.1. The first-order valence-electron chi connectivity index (χ1n) is 10.2. The molecule has 1 aromatic carbocycles. The van der Waals surface area contributed by atoms with Crippen molar-refractivity contribution in [1.82, 2.24) is 24.8 Å². The smallest absolute Gasteiger partial charge is 0.274 e. The lowest BCUT2D eigenvalue weighted by molar-refractivity contribution is 0.0776. The van der Waals surface area contributed by atoms with Gasteiger partial charge in [0, 0.05) is 49.8 Å². The summed E-state index contributed by atoms with van der Waals surface area (Å²) in [5.41, 5.74) is 3.06. The third kappa shape index (κ3) is 3.30. The van der Waals surface area contributed by atoms with Gasteiger partial charge < -0.3 is 9.80 Å². The molecule has 0 spiro atoms. The summed E-state index contributed by atoms with van der Waals surface area (Å²) in [6, 6.07) is 9.73. The number of fused-ring (bicyclic) bond motifs is 2. The van der Waals surface area contributed by atoms with Gasteiger partial charge in [-0.1, -0.05) is 26.0 Å². The van der Waals surface area contributed by atoms with Crippen molar-refractivity contribution >= 4 is 22.8 Å². The van der Waals surface area contributed by atoms with E-state index in [0.717, 1.165) is 48.7 Å². The Kier molecular flexibility index (Phi) is 4.38. The summed E-state index contributed by atoms with van der Waals surface area (Å²) in [7, 11) is 0. The monoisotopic (exact) mass is 388 g/mol. The van der Waals surface area contributed by atoms with Gasteiger partial charge in [-0.25, -0.2) is 15.0 Å². The third-order valence-electron chi connectivity index (χ3n) is 6.03. The molecule has 0 aliphatic carbocycles. The van der Waals surface area contributed by atoms with E-state index in [-0.39, 0.29) is 5.91 Å². The van der Waals surface area contributed by atoms with Crippen LogP contribution in [0, 0.1) is 11.8 Å². The molecule has 5 rings (SSSR count). The van der Waals surface area contributed by atoms with E-state index in [0.29, 0.717) is 23.4 Å². The van der Waals surface area contributed by atoms with Gasteiger partial charge in [-0.15, -0.1) is 0 Å². The molecule has 2 unspecified atom stereocenters. The molecule has 29 heavy (non-hydrogen) atoms. The maximum atomic E-state index is 13.0. The minimum atomic E-state index is -0.0201. The topological polar surface area (TPSA) is 75.1 Å². The summed E-state index contributed by atoms with van der Waals surface area (Å²) in [6.07, 6.45) is 3.26. The number of aromatic nitrogens is 4. The largest absolute Gasteiger partial charge is 0.356 e. The van der Waals surface area contributed by atoms with Crippen molar-refractivity contribution in [3.05, 3.63) is 54.2 Å². The SMILES string of the molecule is CC(C)c1cc(N2CC3CN(C(=O)c4cnc5ccccc5n4)CC3C2)ncn1. The van der Waals surface area contributed by atoms with Gasteiger partial charge in [0.15, 0.2) is 0 Å². The molecular weight excluding hydrogens is 364 g/mol. The number of carbonyl (C=O) groups excluding carboxylic acids is 1. The van der Waals surface area contributed by atoms with Crippen LogP contribution in [-0.4, -0.2) is 56.9 Å². The molecule has 2 fully saturated rings. The highest BCUT2D eigenvalue weighted by Crippen LogP contribution is 2.34. The molecule has 2 atom stereocenters. The van der Waals surface area contributed by atoms with E-state index in [1.807, 2.05) is 29.2 Å². The Morgan fingerprint density at radius 1 is 1.00 bits per heavy atom. The maximum absolute atomic E-state index is 13.0. The van der Waals surface area contributed by atoms with Gasteiger partial charge in [0.1, 0.15) is 17.8 Å². The normalized spacial score (nSPS) is 21.2. The number of nitrogens with zero attached hydrogens (tertiary/aromatic N) is 6. The lowest BCUT2D eigenvalue weighted by Gasteiger charge is -2.22. The van der Waals surface area contributed by atoms with Gasteiger partial charge in [0.25, 0.3) is 5.91 Å². The van der Waals surface area contributed by atoms with Crippen LogP contribution in [0.5, 0.6) is 0 Å². The van der Waals surface area contributed by atoms with E-state index in [1.165, 1.54) is 0 Å². The van der Waals surface area contributed by atoms with Gasteiger partial charge in [0.2, 0.25) is 0 Å². The van der Waals surface area contributed by atoms with Crippen LogP contribution in [0.15, 0.2) is 42.9 Å². The standard InChI is InChI=1S/C22H24N6O/c1-14(2)19-7-21(25-13-24-19)27-9-15-11-28(12-16(15)10-27)22(29)20-8-23-17-5-3-4-6-18(17)26-20/h3-8,13-16H,9-12H2,1-2H3. The Morgan fingerprint density at radius 2 is 1.72 bits per heavy atom. The summed E-state index contributed by atoms with van der Waals surface area (Å²) >= 11 is 0. The van der Waals surface area contributed by atoms with Gasteiger partial charge in [-0.3, -0.25) is 9.78 Å². The predicted molar refractivity (Wildman–Crippen MR) is 111 cm³/mol. The van der Waals surface area contributed by atoms with Crippen molar-refractivity contribution < 1.29 is 4.79 Å². The van der Waals surface area contributed by atoms with Crippen molar-refractivity contribution in [2.45, 2.75) is 19.8 Å². The number of benzene rings is 1. The number of anilines is 1. The summed E-state index contributed by atoms with van der Waals surface area (Å²) in [6.45, 7) is 7.65. The number of likely N-dealkylation sites (tertiary alicyclic amines) is 1. The highest BCUT2D eigenvalue weighted by atomic mass is 16.2. The molecule has 2 aliphatic rings. The van der Waals surface area contributed by atoms with Gasteiger partial charge in [-0.2, -0.15) is 0 Å². The molecule has 2 aromatic heterocycles. The second-order valence-electron chi connectivity index (χ2n) is 8.34. The first-order valence-corrected chi connectivity index (χ1v) is 10.2. The second-order valence-corrected chi connectivity index (χ2v) is 8.34. The van der Waals surface area contributed by atoms with E-state index in [9.17, 15) is 4.79 Å². The van der Waals surface area contributed by atoms with Crippen molar-refractivity contribution in [1.29, 1.82) is 0 Å². The molecule has 0 bridgehead atoms. The van der Waals surface area contributed by atoms with Crippen LogP contribution < -0.4 is 4.90 Å². The molecule has 3 aromatic rings. The number of hydrogen-bond acceptors (Lipinski definition) is 6. The maximum Gasteiger partial charge on any atom is 0.274 e. The number of amides is 1. The Hall–Kier alpha value is -3.09. The number of rotatable bonds is 3. The van der Waals surface area contributed by atoms with Gasteiger partial charge >= 0.3 is 0 Å². The molecule has 148 valence electrons. The van der Waals surface area contributed by atoms with E-state index < -0.39 is 0 Å². The zero-order valence-electron chi connectivity index (χ0n) is 16.7. The predicted octanol–water partition coefficient (Wildman–Crippen LogP) is 2.75. The summed E-state index contributed by atoms with van der Waals surface area (Å²) in [5, 5.41) is 0. The average molecular weight is 388 g/mol.